The number of hydrogen-bond donors (Lipinski definition) is 0. The highest BCUT2D eigenvalue weighted by molar-refractivity contribution is 8.54. The van der Waals surface area contributed by atoms with E-state index in [0.717, 1.165) is 18.4 Å². The van der Waals surface area contributed by atoms with E-state index in [0.29, 0.717) is 32.2 Å². The minimum absolute atomic E-state index is 0.0361. The summed E-state index contributed by atoms with van der Waals surface area (Å²) in [4.78, 5) is 0. The summed E-state index contributed by atoms with van der Waals surface area (Å²) in [6.45, 7) is 5.61. The first-order chi connectivity index (χ1) is 13.4. The van der Waals surface area contributed by atoms with E-state index in [4.69, 9.17) is 18.1 Å². The number of benzene rings is 1. The highest BCUT2D eigenvalue weighted by atomic mass is 32.7. The van der Waals surface area contributed by atoms with Crippen LogP contribution in [0.15, 0.2) is 24.3 Å². The molecular weight excluding hydrogens is 418 g/mol. The van der Waals surface area contributed by atoms with Gasteiger partial charge in [-0.05, 0) is 69.0 Å². The molecule has 2 atom stereocenters. The van der Waals surface area contributed by atoms with Crippen LogP contribution in [-0.4, -0.2) is 32.1 Å². The van der Waals surface area contributed by atoms with Crippen LogP contribution >= 0.6 is 25.8 Å². The maximum absolute atomic E-state index is 12.9. The third kappa shape index (κ3) is 6.70. The fourth-order valence-corrected chi connectivity index (χ4v) is 8.92. The predicted octanol–water partition coefficient (Wildman–Crippen LogP) is 6.30. The van der Waals surface area contributed by atoms with Gasteiger partial charge in [0, 0.05) is 5.75 Å². The molecule has 2 unspecified atom stereocenters. The van der Waals surface area contributed by atoms with E-state index in [1.807, 2.05) is 45.9 Å². The molecule has 28 heavy (non-hydrogen) atoms. The molecule has 0 saturated heterocycles. The van der Waals surface area contributed by atoms with E-state index >= 15 is 0 Å². The van der Waals surface area contributed by atoms with Crippen LogP contribution in [0.3, 0.4) is 0 Å². The van der Waals surface area contributed by atoms with Crippen LogP contribution in [0.1, 0.15) is 45.2 Å². The molecule has 9 heteroatoms. The Balaban J connectivity index is 2.03. The molecule has 160 valence electrons. The van der Waals surface area contributed by atoms with Crippen molar-refractivity contribution >= 4 is 25.8 Å². The maximum Gasteiger partial charge on any atom is 0.389 e. The molecule has 1 aliphatic rings. The van der Waals surface area contributed by atoms with Crippen LogP contribution in [0, 0.1) is 5.92 Å². The van der Waals surface area contributed by atoms with Crippen molar-refractivity contribution in [3.05, 3.63) is 35.4 Å². The van der Waals surface area contributed by atoms with Gasteiger partial charge in [-0.1, -0.05) is 24.3 Å². The Morgan fingerprint density at radius 3 is 1.96 bits per heavy atom. The van der Waals surface area contributed by atoms with Crippen LogP contribution in [0.25, 0.3) is 0 Å². The van der Waals surface area contributed by atoms with Gasteiger partial charge < -0.3 is 18.1 Å². The fourth-order valence-electron chi connectivity index (χ4n) is 3.18. The fraction of sp³-hybridized carbons (Fsp3) is 0.684. The lowest BCUT2D eigenvalue weighted by Gasteiger charge is -2.18. The average molecular weight is 450 g/mol. The van der Waals surface area contributed by atoms with Crippen molar-refractivity contribution < 1.29 is 27.2 Å². The van der Waals surface area contributed by atoms with Crippen molar-refractivity contribution in [3.8, 4) is 0 Å². The SMILES string of the molecule is CCOP(=O)(OCC)SCc1ccccc1CC1CC1P(=O)(OCC)OCC. The molecule has 0 aliphatic heterocycles. The second-order valence-corrected chi connectivity index (χ2v) is 12.8. The molecule has 1 aromatic rings. The Labute approximate surface area is 172 Å². The van der Waals surface area contributed by atoms with Crippen molar-refractivity contribution in [1.29, 1.82) is 0 Å². The van der Waals surface area contributed by atoms with Gasteiger partial charge >= 0.3 is 14.4 Å². The van der Waals surface area contributed by atoms with E-state index in [9.17, 15) is 9.13 Å². The Bertz CT molecular complexity index is 693. The van der Waals surface area contributed by atoms with E-state index < -0.39 is 14.4 Å². The molecule has 0 N–H and O–H groups in total. The summed E-state index contributed by atoms with van der Waals surface area (Å²) >= 11 is 1.22. The smallest absolute Gasteiger partial charge is 0.309 e. The summed E-state index contributed by atoms with van der Waals surface area (Å²) in [5.41, 5.74) is 2.23. The molecule has 0 radical (unpaired) electrons. The zero-order valence-corrected chi connectivity index (χ0v) is 19.8. The molecule has 1 fully saturated rings. The maximum atomic E-state index is 12.9. The third-order valence-corrected chi connectivity index (χ3v) is 11.0. The lowest BCUT2D eigenvalue weighted by atomic mass is 10.0. The Morgan fingerprint density at radius 2 is 1.43 bits per heavy atom. The van der Waals surface area contributed by atoms with Crippen LogP contribution in [0.4, 0.5) is 0 Å². The van der Waals surface area contributed by atoms with Crippen LogP contribution in [0.5, 0.6) is 0 Å². The van der Waals surface area contributed by atoms with E-state index in [1.165, 1.54) is 16.9 Å². The van der Waals surface area contributed by atoms with Gasteiger partial charge in [-0.3, -0.25) is 4.57 Å². The van der Waals surface area contributed by atoms with Gasteiger partial charge in [-0.15, -0.1) is 0 Å². The monoisotopic (exact) mass is 450 g/mol. The Hall–Kier alpha value is -0.130. The minimum atomic E-state index is -3.15. The number of rotatable bonds is 14. The molecule has 0 amide bonds. The number of hydrogen-bond acceptors (Lipinski definition) is 7. The van der Waals surface area contributed by atoms with Crippen molar-refractivity contribution in [2.24, 2.45) is 5.92 Å². The summed E-state index contributed by atoms with van der Waals surface area (Å²) in [6, 6.07) is 8.08. The molecule has 1 aromatic carbocycles. The largest absolute Gasteiger partial charge is 0.389 e. The first-order valence-electron chi connectivity index (χ1n) is 9.90. The Kier molecular flexibility index (Phi) is 9.75. The lowest BCUT2D eigenvalue weighted by Crippen LogP contribution is -2.04. The van der Waals surface area contributed by atoms with Gasteiger partial charge in [-0.25, -0.2) is 4.57 Å². The van der Waals surface area contributed by atoms with Crippen LogP contribution < -0.4 is 0 Å². The van der Waals surface area contributed by atoms with Crippen molar-refractivity contribution in [3.63, 3.8) is 0 Å². The van der Waals surface area contributed by atoms with Crippen molar-refractivity contribution in [1.82, 2.24) is 0 Å². The summed E-state index contributed by atoms with van der Waals surface area (Å²) in [5.74, 6) is 0.819. The lowest BCUT2D eigenvalue weighted by molar-refractivity contribution is 0.217. The average Bonchev–Trinajstić information content (AvgIpc) is 3.42. The summed E-state index contributed by atoms with van der Waals surface area (Å²) < 4.78 is 47.4. The molecule has 0 aromatic heterocycles. The van der Waals surface area contributed by atoms with E-state index in [1.54, 1.807) is 0 Å². The summed E-state index contributed by atoms with van der Waals surface area (Å²) in [7, 11) is -3.04. The van der Waals surface area contributed by atoms with Gasteiger partial charge in [0.25, 0.3) is 0 Å². The third-order valence-electron chi connectivity index (χ3n) is 4.46. The first-order valence-corrected chi connectivity index (χ1v) is 14.6. The van der Waals surface area contributed by atoms with Crippen LogP contribution in [-0.2, 0) is 39.4 Å². The highest BCUT2D eigenvalue weighted by Crippen LogP contribution is 2.66. The van der Waals surface area contributed by atoms with Crippen molar-refractivity contribution in [2.45, 2.75) is 51.9 Å². The van der Waals surface area contributed by atoms with Gasteiger partial charge in [0.2, 0.25) is 0 Å². The molecule has 0 bridgehead atoms. The predicted molar refractivity (Wildman–Crippen MR) is 115 cm³/mol. The van der Waals surface area contributed by atoms with Gasteiger partial charge in [-0.2, -0.15) is 0 Å². The molecule has 0 spiro atoms. The van der Waals surface area contributed by atoms with Gasteiger partial charge in [0.05, 0.1) is 32.1 Å². The molecule has 1 saturated carbocycles. The molecule has 1 aliphatic carbocycles. The van der Waals surface area contributed by atoms with E-state index in [2.05, 4.69) is 6.07 Å². The van der Waals surface area contributed by atoms with Gasteiger partial charge in [0.1, 0.15) is 0 Å². The molecular formula is C19H32O6P2S. The zero-order valence-electron chi connectivity index (χ0n) is 17.2. The quantitative estimate of drug-likeness (QED) is 0.308. The minimum Gasteiger partial charge on any atom is -0.309 e. The van der Waals surface area contributed by atoms with Gasteiger partial charge in [0.15, 0.2) is 0 Å². The second-order valence-electron chi connectivity index (χ2n) is 6.47. The molecule has 2 rings (SSSR count). The molecule has 0 heterocycles. The summed E-state index contributed by atoms with van der Waals surface area (Å²) in [5, 5.41) is 0. The van der Waals surface area contributed by atoms with E-state index in [-0.39, 0.29) is 11.6 Å². The molecule has 6 nitrogen and oxygen atoms in total. The Morgan fingerprint density at radius 1 is 0.893 bits per heavy atom. The second kappa shape index (κ2) is 11.3. The van der Waals surface area contributed by atoms with Crippen LogP contribution in [0.2, 0.25) is 0 Å². The topological polar surface area (TPSA) is 71.1 Å². The zero-order chi connectivity index (χ0) is 20.6. The standard InChI is InChI=1S/C19H32O6P2S/c1-5-22-26(20,23-6-2)19-14-18(19)13-16-11-9-10-12-17(16)15-28-27(21,24-7-3)25-8-4/h9-12,18-19H,5-8,13-15H2,1-4H3. The summed E-state index contributed by atoms with van der Waals surface area (Å²) in [6.07, 6.45) is 1.65. The van der Waals surface area contributed by atoms with Crippen molar-refractivity contribution in [2.75, 3.05) is 26.4 Å². The first kappa shape index (κ1) is 24.1. The highest BCUT2D eigenvalue weighted by Gasteiger charge is 2.52. The normalized spacial score (nSPS) is 19.7.